The van der Waals surface area contributed by atoms with Crippen LogP contribution in [0.4, 0.5) is 5.82 Å². The zero-order valence-corrected chi connectivity index (χ0v) is 24.8. The van der Waals surface area contributed by atoms with Gasteiger partial charge >= 0.3 is 5.97 Å². The Hall–Kier alpha value is -2.64. The highest BCUT2D eigenvalue weighted by Crippen LogP contribution is 2.39. The van der Waals surface area contributed by atoms with Gasteiger partial charge in [-0.2, -0.15) is 5.26 Å². The number of pyridine rings is 1. The third-order valence-corrected chi connectivity index (χ3v) is 9.29. The Morgan fingerprint density at radius 1 is 1.18 bits per heavy atom. The number of hydrogen-bond acceptors (Lipinski definition) is 8. The van der Waals surface area contributed by atoms with E-state index >= 15 is 0 Å². The molecule has 1 amide bonds. The van der Waals surface area contributed by atoms with E-state index < -0.39 is 0 Å². The van der Waals surface area contributed by atoms with E-state index in [0.717, 1.165) is 51.4 Å². The van der Waals surface area contributed by atoms with Crippen LogP contribution in [0.25, 0.3) is 6.08 Å². The van der Waals surface area contributed by atoms with Gasteiger partial charge in [0.1, 0.15) is 21.8 Å². The van der Waals surface area contributed by atoms with Crippen LogP contribution in [0, 0.1) is 24.2 Å². The van der Waals surface area contributed by atoms with Crippen molar-refractivity contribution in [1.82, 2.24) is 9.47 Å². The summed E-state index contributed by atoms with van der Waals surface area (Å²) >= 11 is 6.96. The van der Waals surface area contributed by atoms with Crippen molar-refractivity contribution in [2.45, 2.75) is 91.1 Å². The molecule has 8 nitrogen and oxygen atoms in total. The van der Waals surface area contributed by atoms with Crippen molar-refractivity contribution in [3.05, 3.63) is 31.9 Å². The van der Waals surface area contributed by atoms with Crippen molar-refractivity contribution in [2.24, 2.45) is 5.92 Å². The molecule has 1 atom stereocenters. The van der Waals surface area contributed by atoms with Crippen molar-refractivity contribution in [3.63, 3.8) is 0 Å². The van der Waals surface area contributed by atoms with E-state index in [1.54, 1.807) is 23.3 Å². The van der Waals surface area contributed by atoms with Crippen LogP contribution in [-0.4, -0.2) is 51.4 Å². The highest BCUT2D eigenvalue weighted by atomic mass is 32.2. The first-order valence-electron chi connectivity index (χ1n) is 14.2. The second-order valence-corrected chi connectivity index (χ2v) is 12.2. The Kier molecular flexibility index (Phi) is 9.89. The lowest BCUT2D eigenvalue weighted by molar-refractivity contribution is -0.148. The third-order valence-electron chi connectivity index (χ3n) is 7.96. The van der Waals surface area contributed by atoms with E-state index in [4.69, 9.17) is 17.0 Å². The first kappa shape index (κ1) is 29.3. The molecule has 0 N–H and O–H groups in total. The summed E-state index contributed by atoms with van der Waals surface area (Å²) in [7, 11) is 0. The standard InChI is InChI=1S/C29H38N4O4S2/c1-4-6-15-32-25(31-14-10-11-20(18-31)28(36)37-5-2)22(19(3)23(17-30)26(32)34)16-24-27(35)33(29(38)39-24)21-12-8-7-9-13-21/h16,20-21H,4-15,18H2,1-3H3. The molecule has 2 saturated heterocycles. The maximum absolute atomic E-state index is 13.7. The molecule has 0 spiro atoms. The van der Waals surface area contributed by atoms with E-state index in [2.05, 4.69) is 17.9 Å². The Balaban J connectivity index is 1.83. The molecule has 3 heterocycles. The normalized spacial score (nSPS) is 21.5. The van der Waals surface area contributed by atoms with E-state index in [9.17, 15) is 19.6 Å². The third kappa shape index (κ3) is 6.09. The van der Waals surface area contributed by atoms with Gasteiger partial charge in [-0.1, -0.05) is 56.6 Å². The van der Waals surface area contributed by atoms with Crippen LogP contribution in [-0.2, 0) is 20.9 Å². The SMILES string of the molecule is CCCCn1c(N2CCCC(C(=O)OCC)C2)c(C=C2SC(=S)N(C3CCCCC3)C2=O)c(C)c(C#N)c1=O. The van der Waals surface area contributed by atoms with Crippen LogP contribution in [0.1, 0.15) is 88.3 Å². The summed E-state index contributed by atoms with van der Waals surface area (Å²) in [5.41, 5.74) is 0.980. The first-order chi connectivity index (χ1) is 18.8. The number of rotatable bonds is 8. The summed E-state index contributed by atoms with van der Waals surface area (Å²) in [6.07, 6.45) is 10.2. The number of nitriles is 1. The molecule has 1 aromatic heterocycles. The van der Waals surface area contributed by atoms with Crippen LogP contribution >= 0.6 is 24.0 Å². The summed E-state index contributed by atoms with van der Waals surface area (Å²) in [5, 5.41) is 9.96. The average molecular weight is 571 g/mol. The topological polar surface area (TPSA) is 95.6 Å². The molecule has 1 aliphatic carbocycles. The molecule has 210 valence electrons. The Morgan fingerprint density at radius 2 is 1.92 bits per heavy atom. The minimum absolute atomic E-state index is 0.0859. The van der Waals surface area contributed by atoms with Gasteiger partial charge in [0.2, 0.25) is 0 Å². The maximum Gasteiger partial charge on any atom is 0.310 e. The monoisotopic (exact) mass is 570 g/mol. The van der Waals surface area contributed by atoms with Gasteiger partial charge in [-0.3, -0.25) is 23.9 Å². The molecule has 1 saturated carbocycles. The number of amides is 1. The van der Waals surface area contributed by atoms with Crippen LogP contribution in [0.2, 0.25) is 0 Å². The lowest BCUT2D eigenvalue weighted by atomic mass is 9.94. The highest BCUT2D eigenvalue weighted by molar-refractivity contribution is 8.26. The van der Waals surface area contributed by atoms with E-state index in [1.165, 1.54) is 18.2 Å². The van der Waals surface area contributed by atoms with E-state index in [0.29, 0.717) is 52.4 Å². The van der Waals surface area contributed by atoms with Crippen LogP contribution < -0.4 is 10.5 Å². The van der Waals surface area contributed by atoms with Gasteiger partial charge in [0.15, 0.2) is 0 Å². The molecule has 3 aliphatic rings. The Morgan fingerprint density at radius 3 is 2.59 bits per heavy atom. The predicted octanol–water partition coefficient (Wildman–Crippen LogP) is 5.14. The van der Waals surface area contributed by atoms with E-state index in [-0.39, 0.29) is 35.0 Å². The predicted molar refractivity (Wildman–Crippen MR) is 159 cm³/mol. The maximum atomic E-state index is 13.7. The van der Waals surface area contributed by atoms with Crippen LogP contribution in [0.3, 0.4) is 0 Å². The van der Waals surface area contributed by atoms with Gasteiger partial charge in [0, 0.05) is 31.2 Å². The van der Waals surface area contributed by atoms with Crippen molar-refractivity contribution in [2.75, 3.05) is 24.6 Å². The molecular formula is C29H38N4O4S2. The number of thiocarbonyl (C=S) groups is 1. The quantitative estimate of drug-likeness (QED) is 0.241. The number of thioether (sulfide) groups is 1. The highest BCUT2D eigenvalue weighted by Gasteiger charge is 2.38. The lowest BCUT2D eigenvalue weighted by Crippen LogP contribution is -2.43. The number of esters is 1. The van der Waals surface area contributed by atoms with Crippen LogP contribution in [0.5, 0.6) is 0 Å². The Bertz CT molecular complexity index is 1260. The minimum atomic E-state index is -0.330. The molecule has 1 unspecified atom stereocenters. The lowest BCUT2D eigenvalue weighted by Gasteiger charge is -2.36. The van der Waals surface area contributed by atoms with Crippen molar-refractivity contribution in [1.29, 1.82) is 5.26 Å². The zero-order chi connectivity index (χ0) is 28.1. The molecule has 3 fully saturated rings. The second kappa shape index (κ2) is 13.1. The Labute approximate surface area is 240 Å². The number of hydrogen-bond donors (Lipinski definition) is 0. The van der Waals surface area contributed by atoms with Gasteiger partial charge < -0.3 is 9.64 Å². The molecule has 1 aromatic rings. The molecule has 0 aromatic carbocycles. The number of ether oxygens (including phenoxy) is 1. The number of carbonyl (C=O) groups excluding carboxylic acids is 2. The summed E-state index contributed by atoms with van der Waals surface area (Å²) in [4.78, 5) is 44.2. The largest absolute Gasteiger partial charge is 0.466 e. The summed E-state index contributed by atoms with van der Waals surface area (Å²) in [6, 6.07) is 2.24. The number of carbonyl (C=O) groups is 2. The van der Waals surface area contributed by atoms with Gasteiger partial charge in [0.25, 0.3) is 11.5 Å². The van der Waals surface area contributed by atoms with Crippen LogP contribution in [0.15, 0.2) is 9.70 Å². The number of unbranched alkanes of at least 4 members (excludes halogenated alkanes) is 1. The van der Waals surface area contributed by atoms with E-state index in [1.807, 2.05) is 6.08 Å². The fourth-order valence-electron chi connectivity index (χ4n) is 5.90. The average Bonchev–Trinajstić information content (AvgIpc) is 3.22. The van der Waals surface area contributed by atoms with Gasteiger partial charge in [0.05, 0.1) is 17.4 Å². The fourth-order valence-corrected chi connectivity index (χ4v) is 7.28. The molecule has 0 radical (unpaired) electrons. The minimum Gasteiger partial charge on any atom is -0.466 e. The molecule has 4 rings (SSSR count). The van der Waals surface area contributed by atoms with Crippen molar-refractivity contribution >= 4 is 52.1 Å². The molecule has 0 bridgehead atoms. The number of piperidine rings is 1. The zero-order valence-electron chi connectivity index (χ0n) is 23.2. The van der Waals surface area contributed by atoms with Gasteiger partial charge in [-0.05, 0) is 57.6 Å². The molecular weight excluding hydrogens is 532 g/mol. The number of anilines is 1. The van der Waals surface area contributed by atoms with Crippen molar-refractivity contribution < 1.29 is 14.3 Å². The second-order valence-electron chi connectivity index (χ2n) is 10.5. The van der Waals surface area contributed by atoms with Gasteiger partial charge in [-0.25, -0.2) is 0 Å². The number of aromatic nitrogens is 1. The van der Waals surface area contributed by atoms with Crippen molar-refractivity contribution in [3.8, 4) is 6.07 Å². The summed E-state index contributed by atoms with van der Waals surface area (Å²) in [6.45, 7) is 7.47. The summed E-state index contributed by atoms with van der Waals surface area (Å²) in [5.74, 6) is 0.0312. The molecule has 2 aliphatic heterocycles. The molecule has 39 heavy (non-hydrogen) atoms. The van der Waals surface area contributed by atoms with Gasteiger partial charge in [-0.15, -0.1) is 0 Å². The summed E-state index contributed by atoms with van der Waals surface area (Å²) < 4.78 is 7.56. The molecule has 10 heteroatoms. The smallest absolute Gasteiger partial charge is 0.310 e. The first-order valence-corrected chi connectivity index (χ1v) is 15.4. The number of nitrogens with zero attached hydrogens (tertiary/aromatic N) is 4. The fraction of sp³-hybridized carbons (Fsp3) is 0.621.